The van der Waals surface area contributed by atoms with Gasteiger partial charge in [0, 0.05) is 21.3 Å². The van der Waals surface area contributed by atoms with E-state index in [0.29, 0.717) is 15.6 Å². The number of hydrogen-bond acceptors (Lipinski definition) is 4. The Balaban J connectivity index is 2.07. The fourth-order valence-corrected chi connectivity index (χ4v) is 2.81. The Morgan fingerprint density at radius 3 is 2.57 bits per heavy atom. The van der Waals surface area contributed by atoms with Gasteiger partial charge in [-0.05, 0) is 30.3 Å². The van der Waals surface area contributed by atoms with E-state index in [4.69, 9.17) is 27.9 Å². The van der Waals surface area contributed by atoms with Gasteiger partial charge in [-0.1, -0.05) is 35.3 Å². The van der Waals surface area contributed by atoms with Crippen molar-refractivity contribution in [2.24, 2.45) is 0 Å². The van der Waals surface area contributed by atoms with Gasteiger partial charge in [0.1, 0.15) is 6.61 Å². The zero-order valence-electron chi connectivity index (χ0n) is 12.0. The number of hydrogen-bond donors (Lipinski definition) is 1. The second kappa shape index (κ2) is 7.21. The van der Waals surface area contributed by atoms with Crippen LogP contribution in [0.1, 0.15) is 15.9 Å². The molecule has 23 heavy (non-hydrogen) atoms. The van der Waals surface area contributed by atoms with Crippen molar-refractivity contribution in [1.82, 2.24) is 0 Å². The zero-order chi connectivity index (χ0) is 17.0. The maximum atomic E-state index is 12.0. The first-order chi connectivity index (χ1) is 10.7. The molecule has 0 saturated carbocycles. The zero-order valence-corrected chi connectivity index (χ0v) is 14.4. The smallest absolute Gasteiger partial charge is 0.338 e. The van der Waals surface area contributed by atoms with Crippen LogP contribution in [0, 0.1) is 0 Å². The number of halogens is 2. The van der Waals surface area contributed by atoms with Crippen LogP contribution in [0.4, 0.5) is 5.69 Å². The predicted molar refractivity (Wildman–Crippen MR) is 90.5 cm³/mol. The Hall–Kier alpha value is -1.76. The summed E-state index contributed by atoms with van der Waals surface area (Å²) in [6, 6.07) is 10.9. The van der Waals surface area contributed by atoms with Gasteiger partial charge in [-0.25, -0.2) is 13.2 Å². The van der Waals surface area contributed by atoms with Crippen LogP contribution in [0.5, 0.6) is 0 Å². The molecular formula is C15H13Cl2NO4S. The van der Waals surface area contributed by atoms with E-state index >= 15 is 0 Å². The molecule has 0 radical (unpaired) electrons. The molecule has 0 fully saturated rings. The van der Waals surface area contributed by atoms with Crippen molar-refractivity contribution >= 4 is 44.9 Å². The first-order valence-electron chi connectivity index (χ1n) is 6.43. The first kappa shape index (κ1) is 17.6. The molecule has 0 aliphatic heterocycles. The van der Waals surface area contributed by atoms with Crippen LogP contribution in [-0.4, -0.2) is 20.6 Å². The number of anilines is 1. The number of carbonyl (C=O) groups is 1. The lowest BCUT2D eigenvalue weighted by Crippen LogP contribution is -2.11. The second-order valence-corrected chi connectivity index (χ2v) is 7.36. The molecule has 0 aromatic heterocycles. The third kappa shape index (κ3) is 5.42. The summed E-state index contributed by atoms with van der Waals surface area (Å²) in [5, 5.41) is 0.891. The fourth-order valence-electron chi connectivity index (χ4n) is 1.79. The third-order valence-electron chi connectivity index (χ3n) is 2.78. The standard InChI is InChI=1S/C15H13Cl2NO4S/c1-23(20,21)18-13-4-2-3-10(7-13)15(19)22-9-11-5-6-12(16)8-14(11)17/h2-8,18H,9H2,1H3. The molecule has 0 bridgehead atoms. The molecule has 2 aromatic carbocycles. The van der Waals surface area contributed by atoms with Crippen molar-refractivity contribution in [3.05, 3.63) is 63.6 Å². The topological polar surface area (TPSA) is 72.5 Å². The minimum atomic E-state index is -3.42. The molecule has 0 atom stereocenters. The van der Waals surface area contributed by atoms with Crippen LogP contribution in [0.3, 0.4) is 0 Å². The van der Waals surface area contributed by atoms with Gasteiger partial charge in [0.15, 0.2) is 0 Å². The SMILES string of the molecule is CS(=O)(=O)Nc1cccc(C(=O)OCc2ccc(Cl)cc2Cl)c1. The molecule has 0 spiro atoms. The van der Waals surface area contributed by atoms with E-state index in [1.54, 1.807) is 24.3 Å². The molecule has 122 valence electrons. The van der Waals surface area contributed by atoms with E-state index in [-0.39, 0.29) is 17.9 Å². The highest BCUT2D eigenvalue weighted by atomic mass is 35.5. The minimum absolute atomic E-state index is 0.0153. The predicted octanol–water partition coefficient (Wildman–Crippen LogP) is 3.72. The van der Waals surface area contributed by atoms with Crippen molar-refractivity contribution in [3.8, 4) is 0 Å². The van der Waals surface area contributed by atoms with E-state index in [0.717, 1.165) is 6.26 Å². The quantitative estimate of drug-likeness (QED) is 0.810. The number of rotatable bonds is 5. The summed E-state index contributed by atoms with van der Waals surface area (Å²) in [5.74, 6) is -0.590. The molecule has 2 aromatic rings. The lowest BCUT2D eigenvalue weighted by Gasteiger charge is -2.08. The van der Waals surface area contributed by atoms with Crippen LogP contribution in [-0.2, 0) is 21.4 Å². The monoisotopic (exact) mass is 373 g/mol. The van der Waals surface area contributed by atoms with Crippen molar-refractivity contribution in [1.29, 1.82) is 0 Å². The van der Waals surface area contributed by atoms with Crippen molar-refractivity contribution < 1.29 is 17.9 Å². The Labute approximate surface area is 144 Å². The lowest BCUT2D eigenvalue weighted by molar-refractivity contribution is 0.0473. The van der Waals surface area contributed by atoms with E-state index in [1.807, 2.05) is 0 Å². The number of esters is 1. The molecule has 0 unspecified atom stereocenters. The number of carbonyl (C=O) groups excluding carboxylic acids is 1. The largest absolute Gasteiger partial charge is 0.457 e. The van der Waals surface area contributed by atoms with Gasteiger partial charge in [0.05, 0.1) is 11.8 Å². The number of benzene rings is 2. The second-order valence-electron chi connectivity index (χ2n) is 4.77. The summed E-state index contributed by atoms with van der Waals surface area (Å²) in [5.41, 5.74) is 1.13. The first-order valence-corrected chi connectivity index (χ1v) is 9.08. The minimum Gasteiger partial charge on any atom is -0.457 e. The highest BCUT2D eigenvalue weighted by molar-refractivity contribution is 7.92. The molecule has 1 N–H and O–H groups in total. The third-order valence-corrected chi connectivity index (χ3v) is 3.97. The Bertz CT molecular complexity index is 837. The molecule has 5 nitrogen and oxygen atoms in total. The summed E-state index contributed by atoms with van der Waals surface area (Å²) >= 11 is 11.8. The van der Waals surface area contributed by atoms with Crippen LogP contribution >= 0.6 is 23.2 Å². The number of nitrogens with one attached hydrogen (secondary N) is 1. The van der Waals surface area contributed by atoms with E-state index in [2.05, 4.69) is 4.72 Å². The fraction of sp³-hybridized carbons (Fsp3) is 0.133. The van der Waals surface area contributed by atoms with Gasteiger partial charge < -0.3 is 4.74 Å². The average Bonchev–Trinajstić information content (AvgIpc) is 2.44. The van der Waals surface area contributed by atoms with Gasteiger partial charge >= 0.3 is 5.97 Å². The van der Waals surface area contributed by atoms with Crippen LogP contribution in [0.15, 0.2) is 42.5 Å². The van der Waals surface area contributed by atoms with E-state index < -0.39 is 16.0 Å². The van der Waals surface area contributed by atoms with Crippen molar-refractivity contribution in [2.75, 3.05) is 11.0 Å². The van der Waals surface area contributed by atoms with E-state index in [1.165, 1.54) is 18.2 Å². The lowest BCUT2D eigenvalue weighted by atomic mass is 10.2. The number of sulfonamides is 1. The summed E-state index contributed by atoms with van der Waals surface area (Å²) in [7, 11) is -3.42. The van der Waals surface area contributed by atoms with Crippen LogP contribution in [0.25, 0.3) is 0 Å². The van der Waals surface area contributed by atoms with Gasteiger partial charge in [-0.15, -0.1) is 0 Å². The van der Waals surface area contributed by atoms with Gasteiger partial charge in [-0.2, -0.15) is 0 Å². The molecule has 0 saturated heterocycles. The van der Waals surface area contributed by atoms with E-state index in [9.17, 15) is 13.2 Å². The molecule has 0 heterocycles. The van der Waals surface area contributed by atoms with Crippen LogP contribution < -0.4 is 4.72 Å². The highest BCUT2D eigenvalue weighted by Gasteiger charge is 2.11. The molecule has 2 rings (SSSR count). The summed E-state index contributed by atoms with van der Waals surface area (Å²) in [4.78, 5) is 12.0. The number of ether oxygens (including phenoxy) is 1. The normalized spacial score (nSPS) is 11.1. The Kier molecular flexibility index (Phi) is 5.51. The maximum Gasteiger partial charge on any atom is 0.338 e. The molecule has 0 aliphatic carbocycles. The average molecular weight is 374 g/mol. The highest BCUT2D eigenvalue weighted by Crippen LogP contribution is 2.22. The molecule has 0 amide bonds. The Morgan fingerprint density at radius 2 is 1.91 bits per heavy atom. The summed E-state index contributed by atoms with van der Waals surface area (Å²) < 4.78 is 29.9. The molecular weight excluding hydrogens is 361 g/mol. The molecule has 0 aliphatic rings. The molecule has 8 heteroatoms. The van der Waals surface area contributed by atoms with Gasteiger partial charge in [-0.3, -0.25) is 4.72 Å². The van der Waals surface area contributed by atoms with Crippen molar-refractivity contribution in [2.45, 2.75) is 6.61 Å². The summed E-state index contributed by atoms with van der Waals surface area (Å²) in [6.07, 6.45) is 1.03. The van der Waals surface area contributed by atoms with Crippen molar-refractivity contribution in [3.63, 3.8) is 0 Å². The van der Waals surface area contributed by atoms with Gasteiger partial charge in [0.25, 0.3) is 0 Å². The summed E-state index contributed by atoms with van der Waals surface area (Å²) in [6.45, 7) is -0.0153. The van der Waals surface area contributed by atoms with Crippen LogP contribution in [0.2, 0.25) is 10.0 Å². The van der Waals surface area contributed by atoms with Gasteiger partial charge in [0.2, 0.25) is 10.0 Å². The Morgan fingerprint density at radius 1 is 1.17 bits per heavy atom. The maximum absolute atomic E-state index is 12.0.